The normalized spacial score (nSPS) is 12.5. The average molecular weight is 413 g/mol. The van der Waals surface area contributed by atoms with Crippen LogP contribution in [0.25, 0.3) is 5.69 Å². The van der Waals surface area contributed by atoms with Crippen LogP contribution in [0.2, 0.25) is 0 Å². The van der Waals surface area contributed by atoms with Crippen molar-refractivity contribution in [2.75, 3.05) is 12.8 Å². The maximum atomic E-state index is 12.6. The Hall–Kier alpha value is -3.00. The minimum Gasteiger partial charge on any atom is -0.339 e. The van der Waals surface area contributed by atoms with Gasteiger partial charge in [0.05, 0.1) is 22.4 Å². The molecular weight excluding hydrogens is 388 g/mol. The van der Waals surface area contributed by atoms with Crippen LogP contribution in [0.1, 0.15) is 30.5 Å². The first-order valence-electron chi connectivity index (χ1n) is 9.28. The lowest BCUT2D eigenvalue weighted by Gasteiger charge is -2.25. The van der Waals surface area contributed by atoms with Gasteiger partial charge < -0.3 is 4.90 Å². The second kappa shape index (κ2) is 8.57. The van der Waals surface area contributed by atoms with Crippen molar-refractivity contribution in [1.29, 1.82) is 0 Å². The molecule has 1 heterocycles. The van der Waals surface area contributed by atoms with E-state index in [-0.39, 0.29) is 29.0 Å². The molecule has 0 fully saturated rings. The molecule has 3 aromatic rings. The highest BCUT2D eigenvalue weighted by molar-refractivity contribution is 7.91. The van der Waals surface area contributed by atoms with Crippen LogP contribution in [0.3, 0.4) is 0 Å². The van der Waals surface area contributed by atoms with E-state index in [2.05, 4.69) is 10.1 Å². The zero-order valence-corrected chi connectivity index (χ0v) is 17.5. The van der Waals surface area contributed by atoms with Gasteiger partial charge in [-0.05, 0) is 43.7 Å². The summed E-state index contributed by atoms with van der Waals surface area (Å²) in [4.78, 5) is 18.3. The maximum Gasteiger partial charge on any atom is 0.223 e. The molecule has 8 heteroatoms. The first-order chi connectivity index (χ1) is 13.8. The molecule has 3 rings (SSSR count). The summed E-state index contributed by atoms with van der Waals surface area (Å²) in [6, 6.07) is 14.1. The van der Waals surface area contributed by atoms with Crippen LogP contribution in [0.4, 0.5) is 0 Å². The Kier molecular flexibility index (Phi) is 6.12. The van der Waals surface area contributed by atoms with Gasteiger partial charge in [-0.25, -0.2) is 18.1 Å². The van der Waals surface area contributed by atoms with E-state index in [1.54, 1.807) is 47.2 Å². The van der Waals surface area contributed by atoms with Crippen LogP contribution in [-0.2, 0) is 14.6 Å². The van der Waals surface area contributed by atoms with Crippen molar-refractivity contribution >= 4 is 15.7 Å². The predicted molar refractivity (Wildman–Crippen MR) is 110 cm³/mol. The number of nitrogens with zero attached hydrogens (tertiary/aromatic N) is 4. The number of hydrogen-bond donors (Lipinski definition) is 0. The lowest BCUT2D eigenvalue weighted by Crippen LogP contribution is -2.31. The predicted octanol–water partition coefficient (Wildman–Crippen LogP) is 2.96. The van der Waals surface area contributed by atoms with Gasteiger partial charge in [0.2, 0.25) is 5.91 Å². The van der Waals surface area contributed by atoms with Crippen LogP contribution in [-0.4, -0.2) is 46.8 Å². The third-order valence-electron chi connectivity index (χ3n) is 5.00. The van der Waals surface area contributed by atoms with Crippen molar-refractivity contribution in [3.05, 3.63) is 72.3 Å². The molecule has 0 saturated carbocycles. The molecule has 1 amide bonds. The van der Waals surface area contributed by atoms with Crippen molar-refractivity contribution in [1.82, 2.24) is 19.7 Å². The van der Waals surface area contributed by atoms with Gasteiger partial charge in [-0.2, -0.15) is 5.10 Å². The molecular formula is C21H24N4O3S. The van der Waals surface area contributed by atoms with Gasteiger partial charge in [-0.3, -0.25) is 4.79 Å². The smallest absolute Gasteiger partial charge is 0.223 e. The standard InChI is InChI=1S/C21H24N4O3S/c1-16-4-10-20(11-5-16)29(27,28)13-12-21(26)24(3)17(2)18-6-8-19(9-7-18)25-15-22-14-23-25/h4-11,14-15,17H,12-13H2,1-3H3/t17-/m0/s1. The minimum atomic E-state index is -3.49. The first-order valence-corrected chi connectivity index (χ1v) is 10.9. The summed E-state index contributed by atoms with van der Waals surface area (Å²) >= 11 is 0. The Labute approximate surface area is 170 Å². The monoisotopic (exact) mass is 412 g/mol. The molecule has 1 aromatic heterocycles. The van der Waals surface area contributed by atoms with Gasteiger partial charge in [-0.15, -0.1) is 0 Å². The quantitative estimate of drug-likeness (QED) is 0.596. The number of aryl methyl sites for hydroxylation is 1. The van der Waals surface area contributed by atoms with Crippen molar-refractivity contribution in [3.63, 3.8) is 0 Å². The molecule has 1 atom stereocenters. The SMILES string of the molecule is Cc1ccc(S(=O)(=O)CCC(=O)N(C)[C@@H](C)c2ccc(-n3cncn3)cc2)cc1. The first kappa shape index (κ1) is 20.7. The van der Waals surface area contributed by atoms with E-state index in [4.69, 9.17) is 0 Å². The van der Waals surface area contributed by atoms with Crippen LogP contribution in [0, 0.1) is 6.92 Å². The minimum absolute atomic E-state index is 0.0614. The van der Waals surface area contributed by atoms with Crippen LogP contribution in [0.5, 0.6) is 0 Å². The number of benzene rings is 2. The Morgan fingerprint density at radius 3 is 2.34 bits per heavy atom. The summed E-state index contributed by atoms with van der Waals surface area (Å²) in [5.74, 6) is -0.425. The molecule has 0 radical (unpaired) electrons. The summed E-state index contributed by atoms with van der Waals surface area (Å²) in [7, 11) is -1.80. The Morgan fingerprint density at radius 2 is 1.76 bits per heavy atom. The molecule has 0 spiro atoms. The largest absolute Gasteiger partial charge is 0.339 e. The third-order valence-corrected chi connectivity index (χ3v) is 6.73. The fourth-order valence-corrected chi connectivity index (χ4v) is 4.18. The molecule has 29 heavy (non-hydrogen) atoms. The number of carbonyl (C=O) groups excluding carboxylic acids is 1. The summed E-state index contributed by atoms with van der Waals surface area (Å²) in [5.41, 5.74) is 2.81. The summed E-state index contributed by atoms with van der Waals surface area (Å²) in [6.45, 7) is 3.81. The van der Waals surface area contributed by atoms with Gasteiger partial charge in [0.25, 0.3) is 0 Å². The highest BCUT2D eigenvalue weighted by atomic mass is 32.2. The Morgan fingerprint density at radius 1 is 1.10 bits per heavy atom. The molecule has 0 bridgehead atoms. The number of hydrogen-bond acceptors (Lipinski definition) is 5. The number of aromatic nitrogens is 3. The molecule has 0 aliphatic carbocycles. The van der Waals surface area contributed by atoms with E-state index >= 15 is 0 Å². The van der Waals surface area contributed by atoms with Gasteiger partial charge >= 0.3 is 0 Å². The summed E-state index contributed by atoms with van der Waals surface area (Å²) in [5, 5.41) is 4.09. The molecule has 0 aliphatic rings. The van der Waals surface area contributed by atoms with E-state index in [1.165, 1.54) is 6.33 Å². The average Bonchev–Trinajstić information content (AvgIpc) is 3.26. The molecule has 152 valence electrons. The second-order valence-electron chi connectivity index (χ2n) is 6.99. The van der Waals surface area contributed by atoms with Gasteiger partial charge in [0.15, 0.2) is 9.84 Å². The van der Waals surface area contributed by atoms with Crippen molar-refractivity contribution in [3.8, 4) is 5.69 Å². The van der Waals surface area contributed by atoms with E-state index in [1.807, 2.05) is 38.1 Å². The van der Waals surface area contributed by atoms with E-state index in [9.17, 15) is 13.2 Å². The van der Waals surface area contributed by atoms with Crippen LogP contribution >= 0.6 is 0 Å². The summed E-state index contributed by atoms with van der Waals surface area (Å²) < 4.78 is 26.6. The number of amides is 1. The third kappa shape index (κ3) is 4.89. The van der Waals surface area contributed by atoms with Gasteiger partial charge in [0, 0.05) is 13.5 Å². The molecule has 2 aromatic carbocycles. The van der Waals surface area contributed by atoms with Crippen LogP contribution in [0.15, 0.2) is 66.1 Å². The molecule has 0 N–H and O–H groups in total. The highest BCUT2D eigenvalue weighted by Crippen LogP contribution is 2.21. The lowest BCUT2D eigenvalue weighted by molar-refractivity contribution is -0.131. The topological polar surface area (TPSA) is 85.2 Å². The Balaban J connectivity index is 1.62. The van der Waals surface area contributed by atoms with Gasteiger partial charge in [-0.1, -0.05) is 29.8 Å². The second-order valence-corrected chi connectivity index (χ2v) is 9.10. The number of rotatable bonds is 7. The zero-order valence-electron chi connectivity index (χ0n) is 16.7. The Bertz CT molecular complexity index is 1060. The number of carbonyl (C=O) groups is 1. The maximum absolute atomic E-state index is 12.6. The van der Waals surface area contributed by atoms with E-state index in [0.717, 1.165) is 16.8 Å². The zero-order chi connectivity index (χ0) is 21.0. The van der Waals surface area contributed by atoms with Crippen molar-refractivity contribution in [2.45, 2.75) is 31.2 Å². The van der Waals surface area contributed by atoms with E-state index in [0.29, 0.717) is 0 Å². The number of sulfone groups is 1. The molecule has 0 saturated heterocycles. The van der Waals surface area contributed by atoms with Crippen molar-refractivity contribution in [2.24, 2.45) is 0 Å². The molecule has 7 nitrogen and oxygen atoms in total. The fourth-order valence-electron chi connectivity index (χ4n) is 2.95. The molecule has 0 unspecified atom stereocenters. The lowest BCUT2D eigenvalue weighted by atomic mass is 10.1. The highest BCUT2D eigenvalue weighted by Gasteiger charge is 2.21. The molecule has 0 aliphatic heterocycles. The fraction of sp³-hybridized carbons (Fsp3) is 0.286. The van der Waals surface area contributed by atoms with Gasteiger partial charge in [0.1, 0.15) is 12.7 Å². The van der Waals surface area contributed by atoms with Crippen molar-refractivity contribution < 1.29 is 13.2 Å². The summed E-state index contributed by atoms with van der Waals surface area (Å²) in [6.07, 6.45) is 3.02. The van der Waals surface area contributed by atoms with E-state index < -0.39 is 9.84 Å². The van der Waals surface area contributed by atoms with Crippen LogP contribution < -0.4 is 0 Å².